The van der Waals surface area contributed by atoms with Gasteiger partial charge in [-0.25, -0.2) is 4.98 Å². The van der Waals surface area contributed by atoms with Crippen LogP contribution in [-0.4, -0.2) is 71.1 Å². The van der Waals surface area contributed by atoms with Crippen molar-refractivity contribution >= 4 is 11.9 Å². The van der Waals surface area contributed by atoms with Gasteiger partial charge in [0.2, 0.25) is 5.91 Å². The van der Waals surface area contributed by atoms with E-state index in [1.807, 2.05) is 29.5 Å². The number of aromatic nitrogens is 2. The van der Waals surface area contributed by atoms with Gasteiger partial charge in [-0.3, -0.25) is 9.59 Å². The zero-order chi connectivity index (χ0) is 19.1. The first-order valence-electron chi connectivity index (χ1n) is 9.46. The zero-order valence-corrected chi connectivity index (χ0v) is 16.5. The van der Waals surface area contributed by atoms with Crippen LogP contribution < -0.4 is 0 Å². The van der Waals surface area contributed by atoms with E-state index in [0.717, 1.165) is 25.3 Å². The van der Waals surface area contributed by atoms with Crippen LogP contribution in [0.2, 0.25) is 0 Å². The second-order valence-electron chi connectivity index (χ2n) is 7.61. The maximum absolute atomic E-state index is 12.4. The minimum Gasteiger partial charge on any atom is -0.465 e. The molecule has 0 N–H and O–H groups in total. The van der Waals surface area contributed by atoms with E-state index < -0.39 is 0 Å². The van der Waals surface area contributed by atoms with Gasteiger partial charge in [0.25, 0.3) is 0 Å². The van der Waals surface area contributed by atoms with E-state index in [0.29, 0.717) is 44.4 Å². The fourth-order valence-corrected chi connectivity index (χ4v) is 3.08. The van der Waals surface area contributed by atoms with E-state index in [-0.39, 0.29) is 11.9 Å². The molecular formula is C19H32N4O3. The normalized spacial score (nSPS) is 17.3. The molecule has 0 unspecified atom stereocenters. The highest BCUT2D eigenvalue weighted by Crippen LogP contribution is 2.15. The minimum atomic E-state index is -0.193. The van der Waals surface area contributed by atoms with Crippen molar-refractivity contribution in [2.75, 3.05) is 33.8 Å². The monoisotopic (exact) mass is 364 g/mol. The maximum atomic E-state index is 12.4. The van der Waals surface area contributed by atoms with Gasteiger partial charge >= 0.3 is 5.97 Å². The van der Waals surface area contributed by atoms with Crippen LogP contribution in [0.4, 0.5) is 0 Å². The van der Waals surface area contributed by atoms with Gasteiger partial charge in [0, 0.05) is 50.9 Å². The number of amides is 1. The van der Waals surface area contributed by atoms with Crippen LogP contribution in [0.1, 0.15) is 38.9 Å². The van der Waals surface area contributed by atoms with E-state index in [1.165, 1.54) is 0 Å². The first-order chi connectivity index (χ1) is 12.4. The molecule has 2 heterocycles. The Balaban J connectivity index is 1.76. The van der Waals surface area contributed by atoms with Crippen molar-refractivity contribution in [1.82, 2.24) is 19.4 Å². The minimum absolute atomic E-state index is 0.181. The highest BCUT2D eigenvalue weighted by Gasteiger charge is 2.27. The first kappa shape index (κ1) is 20.4. The van der Waals surface area contributed by atoms with Crippen molar-refractivity contribution < 1.29 is 14.3 Å². The molecule has 1 atom stereocenters. The molecule has 1 aliphatic heterocycles. The van der Waals surface area contributed by atoms with Gasteiger partial charge < -0.3 is 19.1 Å². The average Bonchev–Trinajstić information content (AvgIpc) is 3.25. The number of likely N-dealkylation sites (tertiary alicyclic amines) is 1. The molecule has 7 nitrogen and oxygen atoms in total. The lowest BCUT2D eigenvalue weighted by atomic mass is 10.2. The number of carbonyl (C=O) groups excluding carboxylic acids is 2. The van der Waals surface area contributed by atoms with Crippen LogP contribution in [0.25, 0.3) is 0 Å². The Morgan fingerprint density at radius 1 is 1.35 bits per heavy atom. The Morgan fingerprint density at radius 3 is 2.77 bits per heavy atom. The molecule has 2 rings (SSSR count). The predicted molar refractivity (Wildman–Crippen MR) is 99.6 cm³/mol. The van der Waals surface area contributed by atoms with E-state index in [2.05, 4.69) is 24.0 Å². The van der Waals surface area contributed by atoms with Gasteiger partial charge in [-0.1, -0.05) is 13.8 Å². The predicted octanol–water partition coefficient (Wildman–Crippen LogP) is 1.57. The Morgan fingerprint density at radius 2 is 2.12 bits per heavy atom. The molecule has 26 heavy (non-hydrogen) atoms. The smallest absolute Gasteiger partial charge is 0.307 e. The molecule has 1 amide bonds. The largest absolute Gasteiger partial charge is 0.465 e. The number of carbonyl (C=O) groups is 2. The molecule has 1 aromatic rings. The highest BCUT2D eigenvalue weighted by atomic mass is 16.5. The molecule has 1 aliphatic rings. The fraction of sp³-hybridized carbons (Fsp3) is 0.737. The summed E-state index contributed by atoms with van der Waals surface area (Å²) in [5.74, 6) is 1.17. The Hall–Kier alpha value is -1.89. The van der Waals surface area contributed by atoms with Crippen molar-refractivity contribution in [2.24, 2.45) is 5.92 Å². The molecular weight excluding hydrogens is 332 g/mol. The molecule has 7 heteroatoms. The fourth-order valence-electron chi connectivity index (χ4n) is 3.08. The van der Waals surface area contributed by atoms with Crippen molar-refractivity contribution in [3.8, 4) is 0 Å². The molecule has 1 saturated heterocycles. The molecule has 0 bridgehead atoms. The number of nitrogens with zero attached hydrogens (tertiary/aromatic N) is 4. The molecule has 0 radical (unpaired) electrons. The number of aryl methyl sites for hydroxylation is 2. The lowest BCUT2D eigenvalue weighted by molar-refractivity contribution is -0.145. The van der Waals surface area contributed by atoms with Crippen LogP contribution in [0.3, 0.4) is 0 Å². The third kappa shape index (κ3) is 6.12. The lowest BCUT2D eigenvalue weighted by Crippen LogP contribution is -2.34. The SMILES string of the molecule is CC(C)COC(=O)CCn1ccnc1CCC(=O)N1CC[C@H](N(C)C)C1. The third-order valence-electron chi connectivity index (χ3n) is 4.75. The van der Waals surface area contributed by atoms with Crippen LogP contribution in [-0.2, 0) is 27.3 Å². The van der Waals surface area contributed by atoms with Crippen LogP contribution in [0, 0.1) is 5.92 Å². The molecule has 0 saturated carbocycles. The highest BCUT2D eigenvalue weighted by molar-refractivity contribution is 5.76. The summed E-state index contributed by atoms with van der Waals surface area (Å²) in [6.07, 6.45) is 5.97. The van der Waals surface area contributed by atoms with Crippen molar-refractivity contribution in [3.05, 3.63) is 18.2 Å². The standard InChI is InChI=1S/C19H32N4O3/c1-15(2)14-26-19(25)8-11-22-12-9-20-17(22)5-6-18(24)23-10-7-16(13-23)21(3)4/h9,12,15-16H,5-8,10-11,13-14H2,1-4H3/t16-/m0/s1. The van der Waals surface area contributed by atoms with Gasteiger partial charge in [-0.2, -0.15) is 0 Å². The summed E-state index contributed by atoms with van der Waals surface area (Å²) in [6.45, 7) is 6.65. The lowest BCUT2D eigenvalue weighted by Gasteiger charge is -2.20. The van der Waals surface area contributed by atoms with E-state index in [9.17, 15) is 9.59 Å². The van der Waals surface area contributed by atoms with Crippen molar-refractivity contribution in [1.29, 1.82) is 0 Å². The Bertz CT molecular complexity index is 597. The van der Waals surface area contributed by atoms with Crippen LogP contribution >= 0.6 is 0 Å². The van der Waals surface area contributed by atoms with Crippen LogP contribution in [0.5, 0.6) is 0 Å². The van der Waals surface area contributed by atoms with E-state index in [4.69, 9.17) is 4.74 Å². The average molecular weight is 364 g/mol. The number of hydrogen-bond acceptors (Lipinski definition) is 5. The summed E-state index contributed by atoms with van der Waals surface area (Å²) in [7, 11) is 4.11. The Labute approximate surface area is 156 Å². The topological polar surface area (TPSA) is 67.7 Å². The van der Waals surface area contributed by atoms with Crippen LogP contribution in [0.15, 0.2) is 12.4 Å². The number of likely N-dealkylation sites (N-methyl/N-ethyl adjacent to an activating group) is 1. The number of rotatable bonds is 9. The number of imidazole rings is 1. The van der Waals surface area contributed by atoms with E-state index >= 15 is 0 Å². The van der Waals surface area contributed by atoms with Gasteiger partial charge in [-0.15, -0.1) is 0 Å². The number of hydrogen-bond donors (Lipinski definition) is 0. The molecule has 1 fully saturated rings. The van der Waals surface area contributed by atoms with E-state index in [1.54, 1.807) is 6.20 Å². The third-order valence-corrected chi connectivity index (χ3v) is 4.75. The summed E-state index contributed by atoms with van der Waals surface area (Å²) in [6, 6.07) is 0.456. The maximum Gasteiger partial charge on any atom is 0.307 e. The second kappa shape index (κ2) is 9.71. The summed E-state index contributed by atoms with van der Waals surface area (Å²) in [4.78, 5) is 32.7. The van der Waals surface area contributed by atoms with Gasteiger partial charge in [0.05, 0.1) is 13.0 Å². The number of esters is 1. The number of ether oxygens (including phenoxy) is 1. The summed E-state index contributed by atoms with van der Waals surface area (Å²) in [5.41, 5.74) is 0. The summed E-state index contributed by atoms with van der Waals surface area (Å²) < 4.78 is 7.14. The quantitative estimate of drug-likeness (QED) is 0.622. The molecule has 0 aliphatic carbocycles. The molecule has 0 spiro atoms. The molecule has 1 aromatic heterocycles. The summed E-state index contributed by atoms with van der Waals surface area (Å²) >= 11 is 0. The molecule has 146 valence electrons. The van der Waals surface area contributed by atoms with Crippen molar-refractivity contribution in [3.63, 3.8) is 0 Å². The van der Waals surface area contributed by atoms with Gasteiger partial charge in [0.1, 0.15) is 5.82 Å². The van der Waals surface area contributed by atoms with Gasteiger partial charge in [0.15, 0.2) is 0 Å². The van der Waals surface area contributed by atoms with Crippen molar-refractivity contribution in [2.45, 2.75) is 52.1 Å². The zero-order valence-electron chi connectivity index (χ0n) is 16.5. The molecule has 0 aromatic carbocycles. The summed E-state index contributed by atoms with van der Waals surface area (Å²) in [5, 5.41) is 0. The first-order valence-corrected chi connectivity index (χ1v) is 9.46. The van der Waals surface area contributed by atoms with Gasteiger partial charge in [-0.05, 0) is 26.4 Å². The second-order valence-corrected chi connectivity index (χ2v) is 7.61. The Kier molecular flexibility index (Phi) is 7.63.